The van der Waals surface area contributed by atoms with Crippen LogP contribution in [-0.2, 0) is 10.8 Å². The van der Waals surface area contributed by atoms with Crippen LogP contribution in [0.3, 0.4) is 0 Å². The highest BCUT2D eigenvalue weighted by Crippen LogP contribution is 2.48. The molecule has 0 amide bonds. The van der Waals surface area contributed by atoms with Gasteiger partial charge < -0.3 is 5.32 Å². The van der Waals surface area contributed by atoms with Gasteiger partial charge in [-0.25, -0.2) is 0 Å². The van der Waals surface area contributed by atoms with E-state index < -0.39 is 0 Å². The Kier molecular flexibility index (Phi) is 12.6. The van der Waals surface area contributed by atoms with Gasteiger partial charge >= 0.3 is 0 Å². The summed E-state index contributed by atoms with van der Waals surface area (Å²) in [6.07, 6.45) is 5.08. The fourth-order valence-electron chi connectivity index (χ4n) is 5.11. The molecule has 0 bridgehead atoms. The predicted octanol–water partition coefficient (Wildman–Crippen LogP) is 11.5. The maximum Gasteiger partial charge on any atom is -0.0132 e. The topological polar surface area (TPSA) is 14.1 Å². The van der Waals surface area contributed by atoms with Crippen molar-refractivity contribution in [1.29, 1.82) is 0 Å². The molecule has 0 aliphatic heterocycles. The van der Waals surface area contributed by atoms with Crippen molar-refractivity contribution < 1.29 is 0 Å². The van der Waals surface area contributed by atoms with Gasteiger partial charge in [0.15, 0.2) is 0 Å². The van der Waals surface area contributed by atoms with Gasteiger partial charge in [-0.1, -0.05) is 149 Å². The fourth-order valence-corrected chi connectivity index (χ4v) is 11.3. The van der Waals surface area contributed by atoms with E-state index in [4.69, 9.17) is 5.32 Å². The molecule has 0 unspecified atom stereocenters. The summed E-state index contributed by atoms with van der Waals surface area (Å²) >= 11 is 0. The van der Waals surface area contributed by atoms with Gasteiger partial charge in [0, 0.05) is 0 Å². The molecule has 3 heteroatoms. The van der Waals surface area contributed by atoms with Crippen molar-refractivity contribution in [2.24, 2.45) is 23.7 Å². The highest BCUT2D eigenvalue weighted by Gasteiger charge is 2.22. The Labute approximate surface area is 246 Å². The van der Waals surface area contributed by atoms with E-state index in [-0.39, 0.29) is 26.7 Å². The third kappa shape index (κ3) is 10.8. The molecule has 0 saturated heterocycles. The Hall–Kier alpha value is -0.900. The Bertz CT molecular complexity index is 933. The third-order valence-electron chi connectivity index (χ3n) is 6.95. The molecule has 220 valence electrons. The van der Waals surface area contributed by atoms with Crippen molar-refractivity contribution in [3.05, 3.63) is 52.8 Å². The van der Waals surface area contributed by atoms with Crippen molar-refractivity contribution in [3.8, 4) is 0 Å². The van der Waals surface area contributed by atoms with Gasteiger partial charge in [-0.3, -0.25) is 0 Å². The quantitative estimate of drug-likeness (QED) is 0.226. The summed E-state index contributed by atoms with van der Waals surface area (Å²) in [5, 5.41) is 8.62. The largest absolute Gasteiger partial charge is 0.657 e. The normalized spacial score (nSPS) is 13.1. The molecule has 0 aromatic heterocycles. The molecule has 0 N–H and O–H groups in total. The fraction of sp³-hybridized carbons (Fsp3) is 0.667. The molecule has 0 saturated carbocycles. The molecule has 2 aromatic carbocycles. The number of hydrogen-bond acceptors (Lipinski definition) is 0. The second kappa shape index (κ2) is 14.3. The highest BCUT2D eigenvalue weighted by molar-refractivity contribution is 7.66. The maximum atomic E-state index is 5.59. The average Bonchev–Trinajstić information content (AvgIpc) is 2.76. The van der Waals surface area contributed by atoms with E-state index in [0.29, 0.717) is 23.7 Å². The van der Waals surface area contributed by atoms with Crippen molar-refractivity contribution in [1.82, 2.24) is 0 Å². The summed E-state index contributed by atoms with van der Waals surface area (Å²) in [5.74, 6) is 2.75. The Morgan fingerprint density at radius 3 is 1.03 bits per heavy atom. The van der Waals surface area contributed by atoms with Crippen LogP contribution in [0.4, 0.5) is 11.4 Å². The first-order valence-corrected chi connectivity index (χ1v) is 18.8. The summed E-state index contributed by atoms with van der Waals surface area (Å²) in [7, 11) is -0.562. The van der Waals surface area contributed by atoms with E-state index in [1.54, 1.807) is 0 Å². The van der Waals surface area contributed by atoms with Gasteiger partial charge in [0.05, 0.1) is 0 Å². The van der Waals surface area contributed by atoms with Gasteiger partial charge in [0.2, 0.25) is 0 Å². The van der Waals surface area contributed by atoms with Gasteiger partial charge in [0.1, 0.15) is 0 Å². The smallest absolute Gasteiger partial charge is 0.0132 e. The number of hydrogen-bond donors (Lipinski definition) is 0. The van der Waals surface area contributed by atoms with Crippen LogP contribution in [-0.4, -0.2) is 24.6 Å². The van der Waals surface area contributed by atoms with E-state index in [0.717, 1.165) is 0 Å². The molecule has 0 fully saturated rings. The third-order valence-corrected chi connectivity index (χ3v) is 13.7. The van der Waals surface area contributed by atoms with Crippen LogP contribution >= 0.6 is 15.8 Å². The van der Waals surface area contributed by atoms with Gasteiger partial charge in [-0.2, -0.15) is 0 Å². The van der Waals surface area contributed by atoms with Crippen LogP contribution in [0, 0.1) is 23.7 Å². The molecular weight excluding hydrogens is 508 g/mol. The lowest BCUT2D eigenvalue weighted by molar-refractivity contribution is 0.590. The number of rotatable bonds is 12. The molecule has 0 aliphatic carbocycles. The molecule has 1 nitrogen and oxygen atoms in total. The van der Waals surface area contributed by atoms with Gasteiger partial charge in [-0.05, 0) is 80.9 Å². The van der Waals surface area contributed by atoms with Crippen LogP contribution in [0.5, 0.6) is 0 Å². The van der Waals surface area contributed by atoms with Crippen molar-refractivity contribution in [2.45, 2.75) is 108 Å². The maximum absolute atomic E-state index is 5.59. The second-order valence-corrected chi connectivity index (χ2v) is 20.0. The molecule has 0 spiro atoms. The monoisotopic (exact) mass is 568 g/mol. The first-order valence-electron chi connectivity index (χ1n) is 15.4. The molecule has 2 aromatic rings. The lowest BCUT2D eigenvalue weighted by Gasteiger charge is -2.37. The highest BCUT2D eigenvalue weighted by atomic mass is 31.1. The summed E-state index contributed by atoms with van der Waals surface area (Å²) in [5.41, 5.74) is 5.55. The Balaban J connectivity index is 2.74. The first kappa shape index (κ1) is 34.3. The van der Waals surface area contributed by atoms with E-state index in [9.17, 15) is 0 Å². The molecule has 0 atom stereocenters. The van der Waals surface area contributed by atoms with Gasteiger partial charge in [-0.15, -0.1) is 11.4 Å². The van der Waals surface area contributed by atoms with Crippen molar-refractivity contribution in [2.75, 3.05) is 24.6 Å². The van der Waals surface area contributed by atoms with Crippen LogP contribution in [0.2, 0.25) is 0 Å². The van der Waals surface area contributed by atoms with E-state index in [1.807, 2.05) is 0 Å². The standard InChI is InChI=1S/C36H60NP2/c1-25(2)21-38(22-26(3)4)33-19-29(35(9,10)11)15-17-31(33)37-32-18-16-30(36(12,13)14)20-34(32)39(23-27(5)6)24-28(7)8/h15-20,25-28H,21-24H2,1-14H3/q-1. The Morgan fingerprint density at radius 1 is 0.513 bits per heavy atom. The van der Waals surface area contributed by atoms with Crippen molar-refractivity contribution >= 4 is 37.8 Å². The Morgan fingerprint density at radius 2 is 0.795 bits per heavy atom. The second-order valence-electron chi connectivity index (χ2n) is 15.4. The van der Waals surface area contributed by atoms with Crippen LogP contribution in [0.1, 0.15) is 108 Å². The zero-order chi connectivity index (χ0) is 29.7. The first-order chi connectivity index (χ1) is 17.9. The molecule has 0 aliphatic rings. The minimum Gasteiger partial charge on any atom is -0.657 e. The lowest BCUT2D eigenvalue weighted by atomic mass is 9.87. The minimum atomic E-state index is -0.281. The van der Waals surface area contributed by atoms with E-state index in [1.165, 1.54) is 57.8 Å². The van der Waals surface area contributed by atoms with Crippen LogP contribution in [0.25, 0.3) is 5.32 Å². The summed E-state index contributed by atoms with van der Waals surface area (Å²) in [6, 6.07) is 14.4. The van der Waals surface area contributed by atoms with Crippen LogP contribution in [0.15, 0.2) is 36.4 Å². The minimum absolute atomic E-state index is 0.131. The van der Waals surface area contributed by atoms with Crippen LogP contribution < -0.4 is 10.6 Å². The van der Waals surface area contributed by atoms with Gasteiger partial charge in [0.25, 0.3) is 0 Å². The summed E-state index contributed by atoms with van der Waals surface area (Å²) < 4.78 is 0. The molecule has 0 radical (unpaired) electrons. The van der Waals surface area contributed by atoms with Crippen molar-refractivity contribution in [3.63, 3.8) is 0 Å². The number of nitrogens with zero attached hydrogens (tertiary/aromatic N) is 1. The average molecular weight is 569 g/mol. The lowest BCUT2D eigenvalue weighted by Crippen LogP contribution is -2.19. The van der Waals surface area contributed by atoms with E-state index in [2.05, 4.69) is 133 Å². The molecule has 39 heavy (non-hydrogen) atoms. The predicted molar refractivity (Wildman–Crippen MR) is 185 cm³/mol. The van der Waals surface area contributed by atoms with E-state index >= 15 is 0 Å². The molecule has 2 rings (SSSR count). The molecule has 0 heterocycles. The number of benzene rings is 2. The zero-order valence-electron chi connectivity index (χ0n) is 27.9. The summed E-state index contributed by atoms with van der Waals surface area (Å²) in [6.45, 7) is 33.1. The SMILES string of the molecule is CC(C)CP(CC(C)C)c1cc(C(C)(C)C)ccc1[N-]c1ccc(C(C)(C)C)cc1P(CC(C)C)CC(C)C. The summed E-state index contributed by atoms with van der Waals surface area (Å²) in [4.78, 5) is 0. The zero-order valence-corrected chi connectivity index (χ0v) is 29.7. The molecular formula is C36H60NP2-.